The molecular weight excluding hydrogens is 154 g/mol. The Hall–Kier alpha value is -0.340. The molecule has 0 fully saturated rings. The van der Waals surface area contributed by atoms with E-state index >= 15 is 0 Å². The first-order chi connectivity index (χ1) is 5.11. The lowest BCUT2D eigenvalue weighted by molar-refractivity contribution is 0.486. The first-order valence-electron chi connectivity index (χ1n) is 3.95. The Morgan fingerprint density at radius 3 is 3.00 bits per heavy atom. The normalized spacial score (nSPS) is 27.0. The summed E-state index contributed by atoms with van der Waals surface area (Å²) >= 11 is 1.84. The molecule has 1 aromatic heterocycles. The van der Waals surface area contributed by atoms with Gasteiger partial charge in [0.15, 0.2) is 0 Å². The molecule has 2 rings (SSSR count). The highest BCUT2D eigenvalue weighted by molar-refractivity contribution is 7.10. The van der Waals surface area contributed by atoms with Crippen molar-refractivity contribution in [3.8, 4) is 0 Å². The molecule has 1 aliphatic rings. The third kappa shape index (κ3) is 0.932. The molecule has 0 bridgehead atoms. The van der Waals surface area contributed by atoms with Crippen LogP contribution in [0.1, 0.15) is 36.8 Å². The average Bonchev–Trinajstić information content (AvgIpc) is 2.37. The van der Waals surface area contributed by atoms with Crippen molar-refractivity contribution in [3.05, 3.63) is 21.9 Å². The largest absolute Gasteiger partial charge is 0.324 e. The van der Waals surface area contributed by atoms with Crippen LogP contribution in [0.15, 0.2) is 11.4 Å². The van der Waals surface area contributed by atoms with E-state index in [1.165, 1.54) is 10.4 Å². The van der Waals surface area contributed by atoms with E-state index in [1.54, 1.807) is 0 Å². The van der Waals surface area contributed by atoms with E-state index in [-0.39, 0.29) is 6.04 Å². The maximum Gasteiger partial charge on any atom is 0.0314 e. The molecule has 1 aliphatic carbocycles. The zero-order chi connectivity index (χ0) is 8.06. The van der Waals surface area contributed by atoms with E-state index in [0.717, 1.165) is 6.42 Å². The van der Waals surface area contributed by atoms with Gasteiger partial charge in [-0.2, -0.15) is 0 Å². The Bertz CT molecular complexity index is 275. The minimum Gasteiger partial charge on any atom is -0.324 e. The summed E-state index contributed by atoms with van der Waals surface area (Å²) in [5.41, 5.74) is 7.67. The van der Waals surface area contributed by atoms with E-state index in [1.807, 2.05) is 11.3 Å². The highest BCUT2D eigenvalue weighted by atomic mass is 32.1. The van der Waals surface area contributed by atoms with Crippen LogP contribution >= 0.6 is 11.3 Å². The number of rotatable bonds is 0. The van der Waals surface area contributed by atoms with Crippen LogP contribution in [-0.2, 0) is 5.41 Å². The molecule has 0 saturated carbocycles. The summed E-state index contributed by atoms with van der Waals surface area (Å²) in [6.07, 6.45) is 1.11. The van der Waals surface area contributed by atoms with Crippen molar-refractivity contribution in [1.29, 1.82) is 0 Å². The maximum absolute atomic E-state index is 5.97. The van der Waals surface area contributed by atoms with Crippen molar-refractivity contribution in [3.63, 3.8) is 0 Å². The zero-order valence-electron chi connectivity index (χ0n) is 6.92. The summed E-state index contributed by atoms with van der Waals surface area (Å²) in [5, 5.41) is 2.14. The number of fused-ring (bicyclic) bond motifs is 1. The highest BCUT2D eigenvalue weighted by Gasteiger charge is 2.35. The van der Waals surface area contributed by atoms with E-state index in [0.29, 0.717) is 5.41 Å². The Kier molecular flexibility index (Phi) is 1.38. The first-order valence-corrected chi connectivity index (χ1v) is 4.83. The van der Waals surface area contributed by atoms with Crippen LogP contribution in [0.2, 0.25) is 0 Å². The van der Waals surface area contributed by atoms with Gasteiger partial charge < -0.3 is 5.73 Å². The van der Waals surface area contributed by atoms with Crippen molar-refractivity contribution in [2.45, 2.75) is 31.7 Å². The number of nitrogens with two attached hydrogens (primary N) is 1. The molecule has 0 spiro atoms. The topological polar surface area (TPSA) is 26.0 Å². The summed E-state index contributed by atoms with van der Waals surface area (Å²) in [6.45, 7) is 4.55. The van der Waals surface area contributed by atoms with Gasteiger partial charge in [-0.05, 0) is 23.4 Å². The van der Waals surface area contributed by atoms with Gasteiger partial charge in [-0.15, -0.1) is 11.3 Å². The minimum atomic E-state index is 0.284. The molecule has 2 N–H and O–H groups in total. The van der Waals surface area contributed by atoms with E-state index in [4.69, 9.17) is 5.73 Å². The second kappa shape index (κ2) is 2.08. The summed E-state index contributed by atoms with van der Waals surface area (Å²) in [6, 6.07) is 2.45. The van der Waals surface area contributed by atoms with Crippen LogP contribution in [0.3, 0.4) is 0 Å². The first kappa shape index (κ1) is 7.32. The van der Waals surface area contributed by atoms with E-state index < -0.39 is 0 Å². The van der Waals surface area contributed by atoms with Gasteiger partial charge in [0.05, 0.1) is 0 Å². The van der Waals surface area contributed by atoms with Crippen molar-refractivity contribution in [2.24, 2.45) is 5.73 Å². The lowest BCUT2D eigenvalue weighted by Crippen LogP contribution is -2.13. The summed E-state index contributed by atoms with van der Waals surface area (Å²) in [7, 11) is 0. The monoisotopic (exact) mass is 167 g/mol. The maximum atomic E-state index is 5.97. The van der Waals surface area contributed by atoms with E-state index in [2.05, 4.69) is 25.3 Å². The van der Waals surface area contributed by atoms with Gasteiger partial charge in [0.1, 0.15) is 0 Å². The lowest BCUT2D eigenvalue weighted by Gasteiger charge is -2.16. The third-order valence-corrected chi connectivity index (χ3v) is 3.74. The average molecular weight is 167 g/mol. The highest BCUT2D eigenvalue weighted by Crippen LogP contribution is 2.46. The fourth-order valence-electron chi connectivity index (χ4n) is 1.91. The van der Waals surface area contributed by atoms with Crippen molar-refractivity contribution in [2.75, 3.05) is 0 Å². The van der Waals surface area contributed by atoms with Gasteiger partial charge in [0, 0.05) is 16.3 Å². The predicted octanol–water partition coefficient (Wildman–Crippen LogP) is 2.43. The fraction of sp³-hybridized carbons (Fsp3) is 0.556. The van der Waals surface area contributed by atoms with Gasteiger partial charge in [-0.1, -0.05) is 13.8 Å². The number of thiophene rings is 1. The van der Waals surface area contributed by atoms with Gasteiger partial charge in [-0.3, -0.25) is 0 Å². The molecule has 0 saturated heterocycles. The van der Waals surface area contributed by atoms with Gasteiger partial charge >= 0.3 is 0 Å². The van der Waals surface area contributed by atoms with Crippen LogP contribution in [-0.4, -0.2) is 0 Å². The molecule has 1 nitrogen and oxygen atoms in total. The number of hydrogen-bond acceptors (Lipinski definition) is 2. The quantitative estimate of drug-likeness (QED) is 0.631. The molecular formula is C9H13NS. The molecule has 60 valence electrons. The summed E-state index contributed by atoms with van der Waals surface area (Å²) < 4.78 is 0. The molecule has 0 radical (unpaired) electrons. The van der Waals surface area contributed by atoms with Crippen LogP contribution in [0, 0.1) is 0 Å². The van der Waals surface area contributed by atoms with Crippen molar-refractivity contribution < 1.29 is 0 Å². The second-order valence-corrected chi connectivity index (χ2v) is 4.82. The Labute approximate surface area is 71.2 Å². The lowest BCUT2D eigenvalue weighted by atomic mass is 9.92. The fourth-order valence-corrected chi connectivity index (χ4v) is 3.02. The molecule has 0 amide bonds. The summed E-state index contributed by atoms with van der Waals surface area (Å²) in [5.74, 6) is 0. The molecule has 2 heteroatoms. The van der Waals surface area contributed by atoms with Crippen molar-refractivity contribution in [1.82, 2.24) is 0 Å². The van der Waals surface area contributed by atoms with Crippen LogP contribution < -0.4 is 5.73 Å². The molecule has 0 aromatic carbocycles. The molecule has 1 aromatic rings. The standard InChI is InChI=1S/C9H13NS/c1-9(2)5-7(10)6-3-4-11-8(6)9/h3-4,7H,5,10H2,1-2H3. The third-order valence-electron chi connectivity index (χ3n) is 2.44. The minimum absolute atomic E-state index is 0.284. The molecule has 1 atom stereocenters. The van der Waals surface area contributed by atoms with E-state index in [9.17, 15) is 0 Å². The molecule has 11 heavy (non-hydrogen) atoms. The Morgan fingerprint density at radius 2 is 2.36 bits per heavy atom. The van der Waals surface area contributed by atoms with Crippen LogP contribution in [0.4, 0.5) is 0 Å². The Morgan fingerprint density at radius 1 is 1.64 bits per heavy atom. The molecule has 1 unspecified atom stereocenters. The predicted molar refractivity (Wildman–Crippen MR) is 48.9 cm³/mol. The molecule has 0 aliphatic heterocycles. The van der Waals surface area contributed by atoms with Gasteiger partial charge in [0.25, 0.3) is 0 Å². The van der Waals surface area contributed by atoms with Crippen molar-refractivity contribution >= 4 is 11.3 Å². The van der Waals surface area contributed by atoms with Crippen LogP contribution in [0.25, 0.3) is 0 Å². The van der Waals surface area contributed by atoms with Crippen LogP contribution in [0.5, 0.6) is 0 Å². The zero-order valence-corrected chi connectivity index (χ0v) is 7.74. The Balaban J connectivity index is 2.54. The number of hydrogen-bond donors (Lipinski definition) is 1. The van der Waals surface area contributed by atoms with Gasteiger partial charge in [-0.25, -0.2) is 0 Å². The summed E-state index contributed by atoms with van der Waals surface area (Å²) in [4.78, 5) is 1.49. The molecule has 1 heterocycles. The van der Waals surface area contributed by atoms with Gasteiger partial charge in [0.2, 0.25) is 0 Å². The SMILES string of the molecule is CC1(C)CC(N)c2ccsc21. The smallest absolute Gasteiger partial charge is 0.0314 e. The second-order valence-electron chi connectivity index (χ2n) is 3.90.